The number of hydrogen-bond acceptors (Lipinski definition) is 3. The number of alkyl carbamates (subject to hydrolysis) is 1. The summed E-state index contributed by atoms with van der Waals surface area (Å²) in [4.78, 5) is 22.2. The lowest BCUT2D eigenvalue weighted by Crippen LogP contribution is -2.68. The largest absolute Gasteiger partial charge is 0.444 e. The highest BCUT2D eigenvalue weighted by molar-refractivity contribution is 5.92. The van der Waals surface area contributed by atoms with Crippen LogP contribution in [0.1, 0.15) is 27.7 Å². The van der Waals surface area contributed by atoms with Crippen molar-refractivity contribution < 1.29 is 14.3 Å². The first kappa shape index (κ1) is 10.8. The summed E-state index contributed by atoms with van der Waals surface area (Å²) in [6.07, 6.45) is -0.552. The highest BCUT2D eigenvalue weighted by Crippen LogP contribution is 2.09. The molecule has 0 radical (unpaired) electrons. The van der Waals surface area contributed by atoms with Crippen LogP contribution in [0.5, 0.6) is 0 Å². The number of nitrogens with one attached hydrogen (secondary N) is 2. The fraction of sp³-hybridized carbons (Fsp3) is 0.778. The quantitative estimate of drug-likeness (QED) is 0.602. The molecule has 5 heteroatoms. The predicted molar refractivity (Wildman–Crippen MR) is 50.8 cm³/mol. The second kappa shape index (κ2) is 3.48. The number of hydrogen-bond donors (Lipinski definition) is 2. The van der Waals surface area contributed by atoms with Gasteiger partial charge in [0.05, 0.1) is 6.04 Å². The molecule has 0 spiro atoms. The topological polar surface area (TPSA) is 67.4 Å². The molecule has 0 aromatic carbocycles. The molecule has 1 saturated heterocycles. The summed E-state index contributed by atoms with van der Waals surface area (Å²) in [5.41, 5.74) is -0.534. The molecule has 2 N–H and O–H groups in total. The van der Waals surface area contributed by atoms with Gasteiger partial charge in [-0.1, -0.05) is 0 Å². The van der Waals surface area contributed by atoms with Crippen LogP contribution in [0.2, 0.25) is 0 Å². The van der Waals surface area contributed by atoms with Crippen molar-refractivity contribution in [1.82, 2.24) is 10.6 Å². The summed E-state index contributed by atoms with van der Waals surface area (Å²) in [6.45, 7) is 7.15. The molecule has 0 aliphatic carbocycles. The Bertz CT molecular complexity index is 257. The number of carbonyl (C=O) groups excluding carboxylic acids is 2. The lowest BCUT2D eigenvalue weighted by Gasteiger charge is -2.34. The van der Waals surface area contributed by atoms with Crippen LogP contribution in [0, 0.1) is 0 Å². The van der Waals surface area contributed by atoms with Crippen LogP contribution in [-0.2, 0) is 9.53 Å². The van der Waals surface area contributed by atoms with E-state index in [0.29, 0.717) is 0 Å². The Labute approximate surface area is 83.2 Å². The van der Waals surface area contributed by atoms with Crippen LogP contribution in [0.15, 0.2) is 0 Å². The van der Waals surface area contributed by atoms with E-state index < -0.39 is 17.7 Å². The van der Waals surface area contributed by atoms with Gasteiger partial charge in [0.1, 0.15) is 11.6 Å². The summed E-state index contributed by atoms with van der Waals surface area (Å²) >= 11 is 0. The molecular weight excluding hydrogens is 184 g/mol. The van der Waals surface area contributed by atoms with E-state index in [0.717, 1.165) is 0 Å². The Morgan fingerprint density at radius 3 is 2.43 bits per heavy atom. The van der Waals surface area contributed by atoms with Gasteiger partial charge in [0.2, 0.25) is 5.91 Å². The minimum Gasteiger partial charge on any atom is -0.444 e. The van der Waals surface area contributed by atoms with Crippen molar-refractivity contribution in [3.63, 3.8) is 0 Å². The van der Waals surface area contributed by atoms with Gasteiger partial charge in [-0.25, -0.2) is 4.79 Å². The SMILES string of the molecule is CC1NC(=O)[C@H]1NC(=O)OC(C)(C)C. The van der Waals surface area contributed by atoms with Crippen molar-refractivity contribution in [2.45, 2.75) is 45.4 Å². The molecule has 1 unspecified atom stereocenters. The average Bonchev–Trinajstić information content (AvgIpc) is 1.98. The van der Waals surface area contributed by atoms with Crippen molar-refractivity contribution in [3.8, 4) is 0 Å². The zero-order chi connectivity index (χ0) is 10.9. The lowest BCUT2D eigenvalue weighted by atomic mass is 10.0. The summed E-state index contributed by atoms with van der Waals surface area (Å²) in [7, 11) is 0. The van der Waals surface area contributed by atoms with Crippen molar-refractivity contribution in [2.24, 2.45) is 0 Å². The maximum Gasteiger partial charge on any atom is 0.408 e. The molecule has 1 fully saturated rings. The zero-order valence-electron chi connectivity index (χ0n) is 8.88. The molecule has 1 aliphatic heterocycles. The van der Waals surface area contributed by atoms with Gasteiger partial charge in [0.25, 0.3) is 0 Å². The first-order valence-corrected chi connectivity index (χ1v) is 4.59. The van der Waals surface area contributed by atoms with E-state index in [1.807, 2.05) is 6.92 Å². The maximum absolute atomic E-state index is 11.2. The van der Waals surface area contributed by atoms with Crippen molar-refractivity contribution in [1.29, 1.82) is 0 Å². The maximum atomic E-state index is 11.2. The van der Waals surface area contributed by atoms with Gasteiger partial charge in [-0.3, -0.25) is 4.79 Å². The molecule has 1 aliphatic rings. The second-order valence-electron chi connectivity index (χ2n) is 4.42. The second-order valence-corrected chi connectivity index (χ2v) is 4.42. The van der Waals surface area contributed by atoms with Gasteiger partial charge in [0, 0.05) is 0 Å². The van der Waals surface area contributed by atoms with Crippen LogP contribution < -0.4 is 10.6 Å². The van der Waals surface area contributed by atoms with Crippen LogP contribution in [0.25, 0.3) is 0 Å². The molecule has 0 aromatic rings. The Hall–Kier alpha value is -1.26. The Morgan fingerprint density at radius 1 is 1.50 bits per heavy atom. The first-order valence-electron chi connectivity index (χ1n) is 4.59. The number of β-lactam (4-membered cyclic amide) rings is 1. The highest BCUT2D eigenvalue weighted by atomic mass is 16.6. The van der Waals surface area contributed by atoms with E-state index in [2.05, 4.69) is 10.6 Å². The van der Waals surface area contributed by atoms with Crippen molar-refractivity contribution in [2.75, 3.05) is 0 Å². The highest BCUT2D eigenvalue weighted by Gasteiger charge is 2.37. The molecule has 1 rings (SSSR count). The molecule has 5 nitrogen and oxygen atoms in total. The molecule has 2 amide bonds. The van der Waals surface area contributed by atoms with E-state index in [1.165, 1.54) is 0 Å². The van der Waals surface area contributed by atoms with E-state index in [9.17, 15) is 9.59 Å². The lowest BCUT2D eigenvalue weighted by molar-refractivity contribution is -0.131. The zero-order valence-corrected chi connectivity index (χ0v) is 8.88. The number of amides is 2. The Morgan fingerprint density at radius 2 is 2.07 bits per heavy atom. The fourth-order valence-corrected chi connectivity index (χ4v) is 1.15. The third-order valence-corrected chi connectivity index (χ3v) is 1.82. The molecular formula is C9H16N2O3. The summed E-state index contributed by atoms with van der Waals surface area (Å²) < 4.78 is 5.01. The minimum atomic E-state index is -0.552. The average molecular weight is 200 g/mol. The van der Waals surface area contributed by atoms with Crippen LogP contribution in [0.4, 0.5) is 4.79 Å². The predicted octanol–water partition coefficient (Wildman–Crippen LogP) is 0.398. The van der Waals surface area contributed by atoms with Gasteiger partial charge in [0.15, 0.2) is 0 Å². The number of rotatable bonds is 1. The standard InChI is InChI=1S/C9H16N2O3/c1-5-6(7(12)10-5)11-8(13)14-9(2,3)4/h5-6H,1-4H3,(H,10,12)(H,11,13)/t5?,6-/m0/s1. The van der Waals surface area contributed by atoms with Crippen molar-refractivity contribution >= 4 is 12.0 Å². The van der Waals surface area contributed by atoms with E-state index in [-0.39, 0.29) is 11.9 Å². The fourth-order valence-electron chi connectivity index (χ4n) is 1.15. The molecule has 0 aromatic heterocycles. The summed E-state index contributed by atoms with van der Waals surface area (Å²) in [5, 5.41) is 5.11. The molecule has 14 heavy (non-hydrogen) atoms. The Kier molecular flexibility index (Phi) is 2.69. The van der Waals surface area contributed by atoms with Gasteiger partial charge in [-0.05, 0) is 27.7 Å². The normalized spacial score (nSPS) is 26.1. The third-order valence-electron chi connectivity index (χ3n) is 1.82. The molecule has 2 atom stereocenters. The van der Waals surface area contributed by atoms with E-state index >= 15 is 0 Å². The number of carbonyl (C=O) groups is 2. The van der Waals surface area contributed by atoms with Crippen LogP contribution in [0.3, 0.4) is 0 Å². The summed E-state index contributed by atoms with van der Waals surface area (Å²) in [5.74, 6) is -0.164. The number of ether oxygens (including phenoxy) is 1. The van der Waals surface area contributed by atoms with Gasteiger partial charge in [-0.15, -0.1) is 0 Å². The smallest absolute Gasteiger partial charge is 0.408 e. The third kappa shape index (κ3) is 2.61. The van der Waals surface area contributed by atoms with Gasteiger partial charge in [-0.2, -0.15) is 0 Å². The van der Waals surface area contributed by atoms with E-state index in [4.69, 9.17) is 4.74 Å². The van der Waals surface area contributed by atoms with Crippen LogP contribution in [-0.4, -0.2) is 29.7 Å². The monoisotopic (exact) mass is 200 g/mol. The molecule has 0 saturated carbocycles. The molecule has 80 valence electrons. The van der Waals surface area contributed by atoms with Gasteiger partial charge < -0.3 is 15.4 Å². The minimum absolute atomic E-state index is 0.0185. The first-order chi connectivity index (χ1) is 6.29. The van der Waals surface area contributed by atoms with E-state index in [1.54, 1.807) is 20.8 Å². The Balaban J connectivity index is 2.38. The molecule has 1 heterocycles. The van der Waals surface area contributed by atoms with Gasteiger partial charge >= 0.3 is 6.09 Å². The summed E-state index contributed by atoms with van der Waals surface area (Å²) in [6, 6.07) is -0.472. The molecule has 0 bridgehead atoms. The van der Waals surface area contributed by atoms with Crippen molar-refractivity contribution in [3.05, 3.63) is 0 Å². The van der Waals surface area contributed by atoms with Crippen LogP contribution >= 0.6 is 0 Å².